The molecule has 0 saturated carbocycles. The number of hydrogen-bond donors (Lipinski definition) is 1. The third-order valence-corrected chi connectivity index (χ3v) is 7.21. The molecule has 1 N–H and O–H groups in total. The van der Waals surface area contributed by atoms with Crippen LogP contribution in [0.3, 0.4) is 0 Å². The lowest BCUT2D eigenvalue weighted by molar-refractivity contribution is -0.141. The third kappa shape index (κ3) is 8.00. The molecule has 0 radical (unpaired) electrons. The number of imide groups is 2. The third-order valence-electron chi connectivity index (χ3n) is 7.21. The molecule has 0 spiro atoms. The Morgan fingerprint density at radius 1 is 0.766 bits per heavy atom. The van der Waals surface area contributed by atoms with Crippen LogP contribution in [-0.4, -0.2) is 98.4 Å². The molecular formula is C34H34N2O11. The van der Waals surface area contributed by atoms with Crippen molar-refractivity contribution in [1.82, 2.24) is 9.80 Å². The summed E-state index contributed by atoms with van der Waals surface area (Å²) in [5.41, 5.74) is 1.41. The number of hydrogen-bond acceptors (Lipinski definition) is 11. The number of nitrogens with zero attached hydrogens (tertiary/aromatic N) is 2. The van der Waals surface area contributed by atoms with Gasteiger partial charge in [0.1, 0.15) is 26.4 Å². The van der Waals surface area contributed by atoms with Crippen molar-refractivity contribution in [3.05, 3.63) is 71.8 Å². The molecule has 13 heteroatoms. The lowest BCUT2D eigenvalue weighted by Crippen LogP contribution is -2.42. The molecule has 0 aliphatic carbocycles. The standard InChI is InChI=1S/C17H17NO6.C17H17NO5/c1-22-13-8-11(9-14-17(13)24-7-6-23-14)2-4-15(20)18-10-12(19)3-5-16(18)21;1-21-13-10-12(11-14-17(13)23-9-8-22-14)5-6-16(20)18-7-3-2-4-15(18)19/h2-5,8-9,12,19H,6-7,10H2,1H3;2,4-6,10-11H,3,7-9H2,1H3/b4-2+;6-5+. The fraction of sp³-hybridized carbons (Fsp3) is 0.294. The predicted molar refractivity (Wildman–Crippen MR) is 168 cm³/mol. The second kappa shape index (κ2) is 15.1. The molecule has 13 nitrogen and oxygen atoms in total. The minimum atomic E-state index is -0.838. The smallest absolute Gasteiger partial charge is 0.253 e. The van der Waals surface area contributed by atoms with Crippen LogP contribution in [0.2, 0.25) is 0 Å². The van der Waals surface area contributed by atoms with E-state index >= 15 is 0 Å². The number of benzene rings is 2. The van der Waals surface area contributed by atoms with E-state index in [0.29, 0.717) is 79.5 Å². The summed E-state index contributed by atoms with van der Waals surface area (Å²) in [7, 11) is 3.07. The van der Waals surface area contributed by atoms with Gasteiger partial charge in [-0.1, -0.05) is 6.08 Å². The van der Waals surface area contributed by atoms with E-state index in [1.54, 1.807) is 49.6 Å². The molecule has 0 aromatic heterocycles. The number of amides is 4. The Bertz CT molecular complexity index is 1630. The molecule has 4 amide bonds. The van der Waals surface area contributed by atoms with Gasteiger partial charge in [-0.3, -0.25) is 29.0 Å². The fourth-order valence-electron chi connectivity index (χ4n) is 4.92. The Hall–Kier alpha value is -5.56. The van der Waals surface area contributed by atoms with Crippen LogP contribution in [0.15, 0.2) is 60.7 Å². The highest BCUT2D eigenvalue weighted by molar-refractivity contribution is 6.07. The zero-order chi connectivity index (χ0) is 33.3. The summed E-state index contributed by atoms with van der Waals surface area (Å²) in [6, 6.07) is 6.98. The van der Waals surface area contributed by atoms with E-state index < -0.39 is 17.9 Å². The van der Waals surface area contributed by atoms with E-state index in [1.165, 1.54) is 42.4 Å². The summed E-state index contributed by atoms with van der Waals surface area (Å²) in [4.78, 5) is 49.8. The Morgan fingerprint density at radius 2 is 1.28 bits per heavy atom. The van der Waals surface area contributed by atoms with Gasteiger partial charge >= 0.3 is 0 Å². The summed E-state index contributed by atoms with van der Waals surface area (Å²) in [5.74, 6) is 1.70. The number of carbonyl (C=O) groups excluding carboxylic acids is 4. The van der Waals surface area contributed by atoms with Crippen molar-refractivity contribution in [1.29, 1.82) is 0 Å². The number of rotatable bonds is 6. The predicted octanol–water partition coefficient (Wildman–Crippen LogP) is 2.56. The first-order valence-electron chi connectivity index (χ1n) is 14.8. The molecule has 0 bridgehead atoms. The van der Waals surface area contributed by atoms with Crippen LogP contribution in [0.5, 0.6) is 34.5 Å². The molecule has 2 aromatic rings. The Labute approximate surface area is 270 Å². The molecule has 2 aromatic carbocycles. The Balaban J connectivity index is 0.000000185. The number of aliphatic hydroxyl groups is 1. The molecule has 4 heterocycles. The van der Waals surface area contributed by atoms with Crippen molar-refractivity contribution in [2.75, 3.05) is 53.7 Å². The molecule has 6 rings (SSSR count). The first-order valence-corrected chi connectivity index (χ1v) is 14.8. The van der Waals surface area contributed by atoms with Gasteiger partial charge in [0.2, 0.25) is 11.5 Å². The zero-order valence-electron chi connectivity index (χ0n) is 25.9. The molecule has 4 aliphatic rings. The monoisotopic (exact) mass is 646 g/mol. The summed E-state index contributed by atoms with van der Waals surface area (Å²) < 4.78 is 32.7. The highest BCUT2D eigenvalue weighted by Crippen LogP contribution is 2.41. The van der Waals surface area contributed by atoms with Crippen LogP contribution in [0, 0.1) is 0 Å². The second-order valence-corrected chi connectivity index (χ2v) is 10.4. The van der Waals surface area contributed by atoms with Crippen molar-refractivity contribution in [3.8, 4) is 34.5 Å². The second-order valence-electron chi connectivity index (χ2n) is 10.4. The lowest BCUT2D eigenvalue weighted by Gasteiger charge is -2.23. The quantitative estimate of drug-likeness (QED) is 0.462. The number of ether oxygens (including phenoxy) is 6. The molecule has 47 heavy (non-hydrogen) atoms. The molecule has 4 aliphatic heterocycles. The van der Waals surface area contributed by atoms with Crippen LogP contribution in [0.25, 0.3) is 12.2 Å². The van der Waals surface area contributed by atoms with Crippen molar-refractivity contribution in [3.63, 3.8) is 0 Å². The van der Waals surface area contributed by atoms with Crippen molar-refractivity contribution in [2.45, 2.75) is 12.5 Å². The first kappa shape index (κ1) is 32.8. The maximum atomic E-state index is 12.2. The van der Waals surface area contributed by atoms with Crippen molar-refractivity contribution < 1.29 is 52.7 Å². The van der Waals surface area contributed by atoms with E-state index in [4.69, 9.17) is 28.4 Å². The van der Waals surface area contributed by atoms with Gasteiger partial charge < -0.3 is 33.5 Å². The van der Waals surface area contributed by atoms with Gasteiger partial charge in [0.25, 0.3) is 23.6 Å². The lowest BCUT2D eigenvalue weighted by atomic mass is 10.1. The van der Waals surface area contributed by atoms with Crippen molar-refractivity contribution >= 4 is 35.8 Å². The van der Waals surface area contributed by atoms with Gasteiger partial charge in [-0.05, 0) is 66.1 Å². The molecule has 1 atom stereocenters. The average Bonchev–Trinajstić information content (AvgIpc) is 3.10. The largest absolute Gasteiger partial charge is 0.493 e. The van der Waals surface area contributed by atoms with Gasteiger partial charge in [0, 0.05) is 24.8 Å². The van der Waals surface area contributed by atoms with Gasteiger partial charge in [-0.15, -0.1) is 0 Å². The maximum Gasteiger partial charge on any atom is 0.253 e. The van der Waals surface area contributed by atoms with Crippen LogP contribution in [-0.2, 0) is 19.2 Å². The van der Waals surface area contributed by atoms with E-state index in [9.17, 15) is 24.3 Å². The minimum Gasteiger partial charge on any atom is -0.493 e. The topological polar surface area (TPSA) is 150 Å². The minimum absolute atomic E-state index is 0.0526. The van der Waals surface area contributed by atoms with Crippen LogP contribution in [0.4, 0.5) is 0 Å². The van der Waals surface area contributed by atoms with E-state index in [2.05, 4.69) is 0 Å². The highest BCUT2D eigenvalue weighted by Gasteiger charge is 2.24. The van der Waals surface area contributed by atoms with Gasteiger partial charge in [0.05, 0.1) is 26.9 Å². The molecule has 0 fully saturated rings. The fourth-order valence-corrected chi connectivity index (χ4v) is 4.92. The van der Waals surface area contributed by atoms with E-state index in [-0.39, 0.29) is 18.4 Å². The zero-order valence-corrected chi connectivity index (χ0v) is 25.9. The molecule has 0 saturated heterocycles. The normalized spacial score (nSPS) is 18.2. The van der Waals surface area contributed by atoms with E-state index in [1.807, 2.05) is 0 Å². The van der Waals surface area contributed by atoms with Crippen LogP contribution >= 0.6 is 0 Å². The van der Waals surface area contributed by atoms with Gasteiger partial charge in [-0.25, -0.2) is 0 Å². The molecular weight excluding hydrogens is 612 g/mol. The number of aliphatic hydroxyl groups excluding tert-OH is 1. The first-order chi connectivity index (χ1) is 22.8. The molecule has 246 valence electrons. The molecule has 1 unspecified atom stereocenters. The number of carbonyl (C=O) groups is 4. The number of methoxy groups -OCH3 is 2. The summed E-state index contributed by atoms with van der Waals surface area (Å²) in [6.45, 7) is 2.18. The highest BCUT2D eigenvalue weighted by atomic mass is 16.6. The van der Waals surface area contributed by atoms with Gasteiger partial charge in [-0.2, -0.15) is 0 Å². The summed E-state index contributed by atoms with van der Waals surface area (Å²) >= 11 is 0. The van der Waals surface area contributed by atoms with Gasteiger partial charge in [0.15, 0.2) is 23.0 Å². The van der Waals surface area contributed by atoms with Crippen LogP contribution < -0.4 is 28.4 Å². The number of fused-ring (bicyclic) bond motifs is 2. The van der Waals surface area contributed by atoms with Crippen molar-refractivity contribution in [2.24, 2.45) is 0 Å². The Morgan fingerprint density at radius 3 is 1.81 bits per heavy atom. The summed E-state index contributed by atoms with van der Waals surface area (Å²) in [6.07, 6.45) is 11.4. The SMILES string of the molecule is COc1cc(/C=C/C(=O)N2CC(O)C=CC2=O)cc2c1OCCO2.COc1cc(/C=C/C(=O)N2CCC=CC2=O)cc2c1OCCO2. The van der Waals surface area contributed by atoms with E-state index in [0.717, 1.165) is 10.5 Å². The average molecular weight is 647 g/mol. The Kier molecular flexibility index (Phi) is 10.6. The maximum absolute atomic E-state index is 12.2. The number of β-amino-alcohol motifs (C(OH)–C–C–N with tert-alkyl or cyclic N) is 1. The summed E-state index contributed by atoms with van der Waals surface area (Å²) in [5, 5.41) is 9.53. The van der Waals surface area contributed by atoms with Crippen LogP contribution in [0.1, 0.15) is 17.5 Å².